The predicted molar refractivity (Wildman–Crippen MR) is 119 cm³/mol. The van der Waals surface area contributed by atoms with Gasteiger partial charge >= 0.3 is 6.09 Å². The summed E-state index contributed by atoms with van der Waals surface area (Å²) >= 11 is 0. The van der Waals surface area contributed by atoms with Gasteiger partial charge in [0.25, 0.3) is 0 Å². The Labute approximate surface area is 172 Å². The minimum Gasteiger partial charge on any atom is -0.465 e. The standard InChI is InChI=1S/C23H30N4O2/c1-23(2,3)25-14-12-24(13-15-25)18-8-10-19(11-9-18)26-16-17-27(22(28)29)21-7-5-4-6-20(21)26/h4-11H,12-17H2,1-3H3,(H,28,29). The number of anilines is 4. The van der Waals surface area contributed by atoms with Gasteiger partial charge in [0.2, 0.25) is 0 Å². The molecular formula is C23H30N4O2. The van der Waals surface area contributed by atoms with Crippen molar-refractivity contribution in [1.29, 1.82) is 0 Å². The van der Waals surface area contributed by atoms with Gasteiger partial charge in [-0.15, -0.1) is 0 Å². The molecule has 2 aliphatic rings. The first-order valence-electron chi connectivity index (χ1n) is 10.3. The Balaban J connectivity index is 1.50. The summed E-state index contributed by atoms with van der Waals surface area (Å²) in [5, 5.41) is 9.49. The SMILES string of the molecule is CC(C)(C)N1CCN(c2ccc(N3CCN(C(=O)O)c4ccccc43)cc2)CC1. The molecular weight excluding hydrogens is 364 g/mol. The van der Waals surface area contributed by atoms with Crippen LogP contribution < -0.4 is 14.7 Å². The number of nitrogens with zero attached hydrogens (tertiary/aromatic N) is 4. The maximum absolute atomic E-state index is 11.6. The van der Waals surface area contributed by atoms with Crippen LogP contribution in [0.2, 0.25) is 0 Å². The molecule has 0 spiro atoms. The molecule has 29 heavy (non-hydrogen) atoms. The van der Waals surface area contributed by atoms with Crippen molar-refractivity contribution in [1.82, 2.24) is 4.90 Å². The molecule has 2 aliphatic heterocycles. The maximum Gasteiger partial charge on any atom is 0.411 e. The largest absolute Gasteiger partial charge is 0.465 e. The van der Waals surface area contributed by atoms with Crippen molar-refractivity contribution in [3.05, 3.63) is 48.5 Å². The zero-order valence-electron chi connectivity index (χ0n) is 17.5. The van der Waals surface area contributed by atoms with Gasteiger partial charge in [0.1, 0.15) is 0 Å². The van der Waals surface area contributed by atoms with Crippen molar-refractivity contribution in [3.8, 4) is 0 Å². The van der Waals surface area contributed by atoms with Gasteiger partial charge in [0, 0.05) is 56.2 Å². The molecule has 0 aliphatic carbocycles. The van der Waals surface area contributed by atoms with Crippen LogP contribution in [-0.2, 0) is 0 Å². The molecule has 154 valence electrons. The molecule has 2 aromatic rings. The topological polar surface area (TPSA) is 50.3 Å². The lowest BCUT2D eigenvalue weighted by Gasteiger charge is -2.43. The number of carboxylic acid groups (broad SMARTS) is 1. The average Bonchev–Trinajstić information content (AvgIpc) is 2.72. The normalized spacial score (nSPS) is 18.0. The number of hydrogen-bond acceptors (Lipinski definition) is 4. The van der Waals surface area contributed by atoms with Crippen molar-refractivity contribution < 1.29 is 9.90 Å². The van der Waals surface area contributed by atoms with Crippen LogP contribution in [0.4, 0.5) is 27.5 Å². The summed E-state index contributed by atoms with van der Waals surface area (Å²) < 4.78 is 0. The van der Waals surface area contributed by atoms with Crippen molar-refractivity contribution >= 4 is 28.8 Å². The Kier molecular flexibility index (Phi) is 5.13. The fourth-order valence-corrected chi connectivity index (χ4v) is 4.31. The van der Waals surface area contributed by atoms with E-state index in [1.807, 2.05) is 24.3 Å². The molecule has 0 atom stereocenters. The van der Waals surface area contributed by atoms with Crippen LogP contribution in [0.3, 0.4) is 0 Å². The second kappa shape index (κ2) is 7.59. The molecule has 1 amide bonds. The molecule has 2 heterocycles. The second-order valence-corrected chi connectivity index (χ2v) is 8.74. The highest BCUT2D eigenvalue weighted by Gasteiger charge is 2.28. The van der Waals surface area contributed by atoms with Gasteiger partial charge in [-0.05, 0) is 57.2 Å². The lowest BCUT2D eigenvalue weighted by Crippen LogP contribution is -2.53. The third-order valence-corrected chi connectivity index (χ3v) is 6.00. The highest BCUT2D eigenvalue weighted by Crippen LogP contribution is 2.38. The minimum atomic E-state index is -0.901. The first-order chi connectivity index (χ1) is 13.8. The van der Waals surface area contributed by atoms with E-state index in [9.17, 15) is 9.90 Å². The van der Waals surface area contributed by atoms with E-state index in [0.717, 1.165) is 43.2 Å². The van der Waals surface area contributed by atoms with E-state index in [4.69, 9.17) is 0 Å². The zero-order valence-corrected chi connectivity index (χ0v) is 17.5. The fraction of sp³-hybridized carbons (Fsp3) is 0.435. The molecule has 6 nitrogen and oxygen atoms in total. The van der Waals surface area contributed by atoms with Crippen LogP contribution >= 0.6 is 0 Å². The highest BCUT2D eigenvalue weighted by molar-refractivity contribution is 5.94. The van der Waals surface area contributed by atoms with Crippen molar-refractivity contribution in [2.75, 3.05) is 54.0 Å². The van der Waals surface area contributed by atoms with Gasteiger partial charge in [-0.1, -0.05) is 12.1 Å². The molecule has 6 heteroatoms. The third kappa shape index (κ3) is 3.90. The molecule has 0 aromatic heterocycles. The summed E-state index contributed by atoms with van der Waals surface area (Å²) in [6, 6.07) is 16.4. The number of fused-ring (bicyclic) bond motifs is 1. The van der Waals surface area contributed by atoms with Gasteiger partial charge in [0.05, 0.1) is 11.4 Å². The van der Waals surface area contributed by atoms with Gasteiger partial charge in [-0.3, -0.25) is 9.80 Å². The lowest BCUT2D eigenvalue weighted by atomic mass is 10.0. The summed E-state index contributed by atoms with van der Waals surface area (Å²) in [4.78, 5) is 20.2. The summed E-state index contributed by atoms with van der Waals surface area (Å²) in [7, 11) is 0. The molecule has 0 radical (unpaired) electrons. The predicted octanol–water partition coefficient (Wildman–Crippen LogP) is 4.24. The Hall–Kier alpha value is -2.73. The van der Waals surface area contributed by atoms with Crippen molar-refractivity contribution in [2.45, 2.75) is 26.3 Å². The van der Waals surface area contributed by atoms with Crippen LogP contribution in [0, 0.1) is 0 Å². The van der Waals surface area contributed by atoms with E-state index in [1.165, 1.54) is 10.6 Å². The van der Waals surface area contributed by atoms with Crippen LogP contribution in [0.15, 0.2) is 48.5 Å². The number of amides is 1. The third-order valence-electron chi connectivity index (χ3n) is 6.00. The number of hydrogen-bond donors (Lipinski definition) is 1. The molecule has 0 bridgehead atoms. The fourth-order valence-electron chi connectivity index (χ4n) is 4.31. The zero-order chi connectivity index (χ0) is 20.6. The molecule has 1 fully saturated rings. The van der Waals surface area contributed by atoms with E-state index < -0.39 is 6.09 Å². The Morgan fingerprint density at radius 1 is 0.793 bits per heavy atom. The quantitative estimate of drug-likeness (QED) is 0.826. The number of piperazine rings is 1. The molecule has 0 saturated carbocycles. The number of para-hydroxylation sites is 2. The summed E-state index contributed by atoms with van der Waals surface area (Å²) in [6.07, 6.45) is -0.901. The second-order valence-electron chi connectivity index (χ2n) is 8.74. The molecule has 2 aromatic carbocycles. The van der Waals surface area contributed by atoms with Crippen LogP contribution in [0.5, 0.6) is 0 Å². The van der Waals surface area contributed by atoms with Crippen LogP contribution in [0.1, 0.15) is 20.8 Å². The summed E-state index contributed by atoms with van der Waals surface area (Å²) in [5.74, 6) is 0. The van der Waals surface area contributed by atoms with Gasteiger partial charge in [-0.2, -0.15) is 0 Å². The van der Waals surface area contributed by atoms with Crippen LogP contribution in [0.25, 0.3) is 0 Å². The highest BCUT2D eigenvalue weighted by atomic mass is 16.4. The Bertz CT molecular complexity index is 867. The summed E-state index contributed by atoms with van der Waals surface area (Å²) in [5.41, 5.74) is 4.25. The van der Waals surface area contributed by atoms with Gasteiger partial charge in [-0.25, -0.2) is 4.79 Å². The average molecular weight is 395 g/mol. The molecule has 4 rings (SSSR count). The number of rotatable bonds is 2. The first kappa shape index (κ1) is 19.6. The van der Waals surface area contributed by atoms with Crippen molar-refractivity contribution in [2.24, 2.45) is 0 Å². The smallest absolute Gasteiger partial charge is 0.411 e. The van der Waals surface area contributed by atoms with E-state index in [-0.39, 0.29) is 5.54 Å². The summed E-state index contributed by atoms with van der Waals surface area (Å²) in [6.45, 7) is 12.2. The van der Waals surface area contributed by atoms with E-state index in [0.29, 0.717) is 13.1 Å². The van der Waals surface area contributed by atoms with E-state index in [1.54, 1.807) is 0 Å². The maximum atomic E-state index is 11.6. The molecule has 1 saturated heterocycles. The van der Waals surface area contributed by atoms with Crippen molar-refractivity contribution in [3.63, 3.8) is 0 Å². The first-order valence-corrected chi connectivity index (χ1v) is 10.3. The van der Waals surface area contributed by atoms with Crippen LogP contribution in [-0.4, -0.2) is 60.9 Å². The molecule has 1 N–H and O–H groups in total. The van der Waals surface area contributed by atoms with Gasteiger partial charge < -0.3 is 14.9 Å². The monoisotopic (exact) mass is 394 g/mol. The molecule has 0 unspecified atom stereocenters. The van der Waals surface area contributed by atoms with Gasteiger partial charge in [0.15, 0.2) is 0 Å². The Morgan fingerprint density at radius 2 is 1.38 bits per heavy atom. The lowest BCUT2D eigenvalue weighted by molar-refractivity contribution is 0.128. The van der Waals surface area contributed by atoms with E-state index >= 15 is 0 Å². The Morgan fingerprint density at radius 3 is 1.97 bits per heavy atom. The van der Waals surface area contributed by atoms with E-state index in [2.05, 4.69) is 59.7 Å². The minimum absolute atomic E-state index is 0.224. The number of benzene rings is 2. The number of carbonyl (C=O) groups is 1.